The Bertz CT molecular complexity index is 147. The number of nitrogens with one attached hydrogen (secondary N) is 1. The van der Waals surface area contributed by atoms with Crippen molar-refractivity contribution in [1.82, 2.24) is 5.32 Å². The molecular formula is C7H13NO2S. The Balaban J connectivity index is 3.44. The van der Waals surface area contributed by atoms with Gasteiger partial charge in [-0.15, -0.1) is 0 Å². The molecule has 0 aliphatic heterocycles. The van der Waals surface area contributed by atoms with E-state index in [4.69, 9.17) is 0 Å². The minimum Gasteiger partial charge on any atom is -0.349 e. The normalized spacial score (nSPS) is 9.27. The van der Waals surface area contributed by atoms with Gasteiger partial charge in [0.25, 0.3) is 5.91 Å². The third-order valence-corrected chi connectivity index (χ3v) is 1.50. The first kappa shape index (κ1) is 10.5. The molecule has 11 heavy (non-hydrogen) atoms. The molecular weight excluding hydrogens is 162 g/mol. The SMILES string of the molecule is CCCCNC(=O)C(=O)CS. The number of carbonyl (C=O) groups excluding carboxylic acids is 2. The maximum Gasteiger partial charge on any atom is 0.288 e. The molecule has 4 heteroatoms. The van der Waals surface area contributed by atoms with E-state index in [1.807, 2.05) is 6.92 Å². The molecule has 0 bridgehead atoms. The molecule has 0 rings (SSSR count). The first-order chi connectivity index (χ1) is 5.22. The first-order valence-corrected chi connectivity index (χ1v) is 4.27. The van der Waals surface area contributed by atoms with Gasteiger partial charge in [0, 0.05) is 6.54 Å². The molecule has 0 saturated carbocycles. The Morgan fingerprint density at radius 1 is 1.45 bits per heavy atom. The van der Waals surface area contributed by atoms with Crippen LogP contribution >= 0.6 is 12.6 Å². The second kappa shape index (κ2) is 6.22. The molecule has 0 atom stereocenters. The number of amides is 1. The predicted octanol–water partition coefficient (Wildman–Crippen LogP) is 0.402. The molecule has 0 unspecified atom stereocenters. The minimum atomic E-state index is -0.520. The van der Waals surface area contributed by atoms with Crippen molar-refractivity contribution < 1.29 is 9.59 Å². The van der Waals surface area contributed by atoms with Crippen molar-refractivity contribution in [1.29, 1.82) is 0 Å². The van der Waals surface area contributed by atoms with Crippen LogP contribution in [0, 0.1) is 0 Å². The quantitative estimate of drug-likeness (QED) is 0.361. The molecule has 0 spiro atoms. The zero-order valence-electron chi connectivity index (χ0n) is 6.59. The summed E-state index contributed by atoms with van der Waals surface area (Å²) < 4.78 is 0. The van der Waals surface area contributed by atoms with Crippen molar-refractivity contribution in [2.24, 2.45) is 0 Å². The van der Waals surface area contributed by atoms with Gasteiger partial charge in [0.05, 0.1) is 5.75 Å². The minimum absolute atomic E-state index is 0.0159. The molecule has 0 radical (unpaired) electrons. The summed E-state index contributed by atoms with van der Waals surface area (Å²) in [5, 5.41) is 2.50. The largest absolute Gasteiger partial charge is 0.349 e. The van der Waals surface area contributed by atoms with Crippen LogP contribution in [0.25, 0.3) is 0 Å². The summed E-state index contributed by atoms with van der Waals surface area (Å²) in [5.74, 6) is -1.00. The monoisotopic (exact) mass is 175 g/mol. The van der Waals surface area contributed by atoms with E-state index in [9.17, 15) is 9.59 Å². The van der Waals surface area contributed by atoms with Gasteiger partial charge in [-0.2, -0.15) is 12.6 Å². The Labute approximate surface area is 72.0 Å². The van der Waals surface area contributed by atoms with Crippen LogP contribution in [0.4, 0.5) is 0 Å². The van der Waals surface area contributed by atoms with Crippen molar-refractivity contribution in [3.05, 3.63) is 0 Å². The van der Waals surface area contributed by atoms with Gasteiger partial charge in [-0.05, 0) is 6.42 Å². The number of Topliss-reactive ketones (excluding diaryl/α,β-unsaturated/α-hetero) is 1. The molecule has 0 fully saturated rings. The van der Waals surface area contributed by atoms with Crippen LogP contribution in [-0.4, -0.2) is 24.0 Å². The summed E-state index contributed by atoms with van der Waals surface area (Å²) in [6.45, 7) is 2.60. The molecule has 0 heterocycles. The van der Waals surface area contributed by atoms with E-state index in [2.05, 4.69) is 17.9 Å². The van der Waals surface area contributed by atoms with E-state index in [0.717, 1.165) is 12.8 Å². The number of carbonyl (C=O) groups is 2. The Hall–Kier alpha value is -0.510. The number of ketones is 1. The number of hydrogen-bond donors (Lipinski definition) is 2. The predicted molar refractivity (Wildman–Crippen MR) is 46.8 cm³/mol. The Morgan fingerprint density at radius 2 is 2.09 bits per heavy atom. The van der Waals surface area contributed by atoms with Gasteiger partial charge in [-0.25, -0.2) is 0 Å². The van der Waals surface area contributed by atoms with E-state index < -0.39 is 11.7 Å². The third kappa shape index (κ3) is 4.84. The highest BCUT2D eigenvalue weighted by Gasteiger charge is 2.08. The fourth-order valence-corrected chi connectivity index (χ4v) is 0.693. The molecule has 0 aromatic heterocycles. The van der Waals surface area contributed by atoms with Crippen LogP contribution in [0.15, 0.2) is 0 Å². The smallest absolute Gasteiger partial charge is 0.288 e. The van der Waals surface area contributed by atoms with E-state index in [1.54, 1.807) is 0 Å². The van der Waals surface area contributed by atoms with Crippen LogP contribution in [0.1, 0.15) is 19.8 Å². The van der Waals surface area contributed by atoms with Crippen molar-refractivity contribution in [2.75, 3.05) is 12.3 Å². The fourth-order valence-electron chi connectivity index (χ4n) is 0.549. The number of hydrogen-bond acceptors (Lipinski definition) is 3. The van der Waals surface area contributed by atoms with Crippen LogP contribution in [0.5, 0.6) is 0 Å². The lowest BCUT2D eigenvalue weighted by Gasteiger charge is -2.00. The van der Waals surface area contributed by atoms with Crippen LogP contribution < -0.4 is 5.32 Å². The summed E-state index contributed by atoms with van der Waals surface area (Å²) in [4.78, 5) is 21.4. The average Bonchev–Trinajstić information content (AvgIpc) is 2.03. The van der Waals surface area contributed by atoms with Crippen molar-refractivity contribution >= 4 is 24.3 Å². The Morgan fingerprint density at radius 3 is 2.55 bits per heavy atom. The Kier molecular flexibility index (Phi) is 5.93. The second-order valence-corrected chi connectivity index (χ2v) is 2.51. The average molecular weight is 175 g/mol. The molecule has 0 aliphatic carbocycles. The van der Waals surface area contributed by atoms with E-state index in [0.29, 0.717) is 6.54 Å². The zero-order valence-corrected chi connectivity index (χ0v) is 7.49. The zero-order chi connectivity index (χ0) is 8.69. The summed E-state index contributed by atoms with van der Waals surface area (Å²) in [5.41, 5.74) is 0. The molecule has 64 valence electrons. The van der Waals surface area contributed by atoms with Crippen molar-refractivity contribution in [3.8, 4) is 0 Å². The second-order valence-electron chi connectivity index (χ2n) is 2.19. The van der Waals surface area contributed by atoms with E-state index >= 15 is 0 Å². The van der Waals surface area contributed by atoms with Gasteiger partial charge in [-0.1, -0.05) is 13.3 Å². The van der Waals surface area contributed by atoms with E-state index in [-0.39, 0.29) is 5.75 Å². The molecule has 0 aliphatic rings. The van der Waals surface area contributed by atoms with Gasteiger partial charge in [-0.3, -0.25) is 9.59 Å². The van der Waals surface area contributed by atoms with Crippen LogP contribution in [0.3, 0.4) is 0 Å². The standard InChI is InChI=1S/C7H13NO2S/c1-2-3-4-8-7(10)6(9)5-11/h11H,2-5H2,1H3,(H,8,10). The lowest BCUT2D eigenvalue weighted by atomic mass is 10.3. The third-order valence-electron chi connectivity index (χ3n) is 1.21. The van der Waals surface area contributed by atoms with E-state index in [1.165, 1.54) is 0 Å². The van der Waals surface area contributed by atoms with Gasteiger partial charge >= 0.3 is 0 Å². The van der Waals surface area contributed by atoms with Gasteiger partial charge in [0.1, 0.15) is 0 Å². The lowest BCUT2D eigenvalue weighted by molar-refractivity contribution is -0.136. The highest BCUT2D eigenvalue weighted by molar-refractivity contribution is 7.81. The number of thiol groups is 1. The maximum atomic E-state index is 10.7. The molecule has 0 saturated heterocycles. The maximum absolute atomic E-state index is 10.7. The summed E-state index contributed by atoms with van der Waals surface area (Å²) in [6.07, 6.45) is 1.92. The van der Waals surface area contributed by atoms with Crippen LogP contribution in [-0.2, 0) is 9.59 Å². The van der Waals surface area contributed by atoms with Crippen LogP contribution in [0.2, 0.25) is 0 Å². The molecule has 1 amide bonds. The summed E-state index contributed by atoms with van der Waals surface area (Å²) in [6, 6.07) is 0. The van der Waals surface area contributed by atoms with Crippen molar-refractivity contribution in [2.45, 2.75) is 19.8 Å². The summed E-state index contributed by atoms with van der Waals surface area (Å²) >= 11 is 3.69. The molecule has 3 nitrogen and oxygen atoms in total. The highest BCUT2D eigenvalue weighted by Crippen LogP contribution is 1.83. The van der Waals surface area contributed by atoms with Gasteiger partial charge in [0.2, 0.25) is 5.78 Å². The first-order valence-electron chi connectivity index (χ1n) is 3.64. The van der Waals surface area contributed by atoms with Gasteiger partial charge in [0.15, 0.2) is 0 Å². The van der Waals surface area contributed by atoms with Crippen molar-refractivity contribution in [3.63, 3.8) is 0 Å². The summed E-state index contributed by atoms with van der Waals surface area (Å²) in [7, 11) is 0. The highest BCUT2D eigenvalue weighted by atomic mass is 32.1. The lowest BCUT2D eigenvalue weighted by Crippen LogP contribution is -2.32. The number of unbranched alkanes of at least 4 members (excludes halogenated alkanes) is 1. The fraction of sp³-hybridized carbons (Fsp3) is 0.714. The molecule has 0 aromatic rings. The van der Waals surface area contributed by atoms with Gasteiger partial charge < -0.3 is 5.32 Å². The molecule has 1 N–H and O–H groups in total. The molecule has 0 aromatic carbocycles. The topological polar surface area (TPSA) is 46.2 Å². The number of rotatable bonds is 5.